The Morgan fingerprint density at radius 3 is 1.73 bits per heavy atom. The van der Waals surface area contributed by atoms with Crippen LogP contribution in [0.2, 0.25) is 0 Å². The summed E-state index contributed by atoms with van der Waals surface area (Å²) in [6.07, 6.45) is 1.37. The van der Waals surface area contributed by atoms with E-state index in [0.717, 1.165) is 0 Å². The molecule has 1 aliphatic rings. The lowest BCUT2D eigenvalue weighted by molar-refractivity contribution is -0.350. The molecule has 4 heteroatoms. The molecule has 0 aromatic heterocycles. The van der Waals surface area contributed by atoms with Gasteiger partial charge in [-0.15, -0.1) is 0 Å². The average Bonchev–Trinajstić information content (AvgIpc) is 2.26. The van der Waals surface area contributed by atoms with Crippen LogP contribution in [-0.2, 0) is 14.5 Å². The molecule has 0 amide bonds. The van der Waals surface area contributed by atoms with Gasteiger partial charge in [-0.05, 0) is 16.9 Å². The summed E-state index contributed by atoms with van der Waals surface area (Å²) in [4.78, 5) is 30.9. The van der Waals surface area contributed by atoms with Crippen LogP contribution in [0, 0.1) is 22.2 Å². The average molecular weight is 310 g/mol. The summed E-state index contributed by atoms with van der Waals surface area (Å²) in [6, 6.07) is 0. The number of carbonyl (C=O) groups is 2. The molecule has 0 radical (unpaired) electrons. The van der Waals surface area contributed by atoms with E-state index in [1.165, 1.54) is 6.08 Å². The second kappa shape index (κ2) is 5.27. The molecule has 126 valence electrons. The molecule has 1 N–H and O–H groups in total. The van der Waals surface area contributed by atoms with Crippen molar-refractivity contribution in [1.29, 1.82) is 0 Å². The monoisotopic (exact) mass is 310 g/mol. The number of allylic oxidation sites excluding steroid dienone is 1. The summed E-state index contributed by atoms with van der Waals surface area (Å²) < 4.78 is 0. The van der Waals surface area contributed by atoms with Gasteiger partial charge in [0.15, 0.2) is 17.2 Å². The molecule has 1 aliphatic carbocycles. The Hall–Kier alpha value is -1.00. The Bertz CT molecular complexity index is 509. The van der Waals surface area contributed by atoms with Crippen molar-refractivity contribution in [3.8, 4) is 0 Å². The van der Waals surface area contributed by atoms with Crippen LogP contribution >= 0.6 is 0 Å². The van der Waals surface area contributed by atoms with Gasteiger partial charge >= 0.3 is 0 Å². The fraction of sp³-hybridized carbons (Fsp3) is 0.778. The van der Waals surface area contributed by atoms with Crippen LogP contribution in [0.4, 0.5) is 0 Å². The van der Waals surface area contributed by atoms with Crippen molar-refractivity contribution in [3.05, 3.63) is 11.6 Å². The van der Waals surface area contributed by atoms with Crippen LogP contribution in [0.15, 0.2) is 11.6 Å². The highest BCUT2D eigenvalue weighted by Gasteiger charge is 2.64. The molecule has 0 saturated carbocycles. The fourth-order valence-electron chi connectivity index (χ4n) is 3.42. The molecule has 0 bridgehead atoms. The molecule has 0 fully saturated rings. The molecule has 0 aliphatic heterocycles. The van der Waals surface area contributed by atoms with Crippen molar-refractivity contribution in [2.75, 3.05) is 0 Å². The van der Waals surface area contributed by atoms with E-state index in [1.54, 1.807) is 0 Å². The van der Waals surface area contributed by atoms with E-state index in [9.17, 15) is 14.8 Å². The second-order valence-electron chi connectivity index (χ2n) is 9.41. The zero-order chi connectivity index (χ0) is 17.7. The lowest BCUT2D eigenvalue weighted by Crippen LogP contribution is -2.64. The van der Waals surface area contributed by atoms with Crippen molar-refractivity contribution in [3.63, 3.8) is 0 Å². The first-order chi connectivity index (χ1) is 9.60. The third kappa shape index (κ3) is 2.79. The molecule has 0 aromatic rings. The second-order valence-corrected chi connectivity index (χ2v) is 9.41. The van der Waals surface area contributed by atoms with E-state index >= 15 is 0 Å². The normalized spacial score (nSPS) is 27.9. The number of Topliss-reactive ketones (excluding diaryl/α,β-unsaturated/α-hetero) is 1. The predicted octanol–water partition coefficient (Wildman–Crippen LogP) is 4.05. The van der Waals surface area contributed by atoms with Gasteiger partial charge in [-0.1, -0.05) is 62.3 Å². The van der Waals surface area contributed by atoms with Crippen molar-refractivity contribution in [1.82, 2.24) is 0 Å². The summed E-state index contributed by atoms with van der Waals surface area (Å²) in [7, 11) is 0. The number of ketones is 2. The first-order valence-electron chi connectivity index (χ1n) is 7.74. The van der Waals surface area contributed by atoms with Crippen LogP contribution in [0.1, 0.15) is 62.3 Å². The van der Waals surface area contributed by atoms with E-state index in [-0.39, 0.29) is 11.6 Å². The minimum absolute atomic E-state index is 0.122. The summed E-state index contributed by atoms with van der Waals surface area (Å²) in [5, 5.41) is 9.69. The smallest absolute Gasteiger partial charge is 0.192 e. The minimum atomic E-state index is -1.57. The molecule has 0 saturated heterocycles. The molecular weight excluding hydrogens is 280 g/mol. The van der Waals surface area contributed by atoms with E-state index in [2.05, 4.69) is 0 Å². The predicted molar refractivity (Wildman–Crippen MR) is 86.4 cm³/mol. The molecular formula is C18H30O4. The van der Waals surface area contributed by atoms with Gasteiger partial charge in [0.1, 0.15) is 0 Å². The van der Waals surface area contributed by atoms with Crippen molar-refractivity contribution in [2.45, 2.75) is 67.9 Å². The Kier molecular flexibility index (Phi) is 4.57. The summed E-state index contributed by atoms with van der Waals surface area (Å²) in [6.45, 7) is 16.8. The van der Waals surface area contributed by atoms with Crippen molar-refractivity contribution >= 4 is 11.6 Å². The van der Waals surface area contributed by atoms with Gasteiger partial charge < -0.3 is 0 Å². The molecule has 0 spiro atoms. The fourth-order valence-corrected chi connectivity index (χ4v) is 3.42. The Balaban J connectivity index is 3.76. The van der Waals surface area contributed by atoms with E-state index in [1.807, 2.05) is 62.3 Å². The molecule has 2 unspecified atom stereocenters. The van der Waals surface area contributed by atoms with Gasteiger partial charge in [-0.25, -0.2) is 4.89 Å². The summed E-state index contributed by atoms with van der Waals surface area (Å²) in [5.41, 5.74) is -2.78. The summed E-state index contributed by atoms with van der Waals surface area (Å²) >= 11 is 0. The molecule has 2 atom stereocenters. The zero-order valence-electron chi connectivity index (χ0n) is 15.3. The summed E-state index contributed by atoms with van der Waals surface area (Å²) in [5.74, 6) is -1.22. The van der Waals surface area contributed by atoms with Gasteiger partial charge in [-0.3, -0.25) is 14.8 Å². The maximum atomic E-state index is 13.2. The number of carbonyl (C=O) groups excluding carboxylic acids is 2. The largest absolute Gasteiger partial charge is 0.294 e. The SMILES string of the molecule is CC(C)(C)C1=CC(=O)C(OO)(C(C)(C)C)C(C(C)(C)C)C1=O. The van der Waals surface area contributed by atoms with Crippen LogP contribution in [0.5, 0.6) is 0 Å². The molecule has 0 heterocycles. The van der Waals surface area contributed by atoms with Gasteiger partial charge in [0.05, 0.1) is 5.92 Å². The van der Waals surface area contributed by atoms with Gasteiger partial charge in [0.25, 0.3) is 0 Å². The highest BCUT2D eigenvalue weighted by Crippen LogP contribution is 2.52. The van der Waals surface area contributed by atoms with E-state index in [0.29, 0.717) is 5.57 Å². The van der Waals surface area contributed by atoms with Gasteiger partial charge in [0, 0.05) is 11.0 Å². The topological polar surface area (TPSA) is 63.6 Å². The highest BCUT2D eigenvalue weighted by molar-refractivity contribution is 6.15. The Morgan fingerprint density at radius 2 is 1.45 bits per heavy atom. The number of rotatable bonds is 1. The van der Waals surface area contributed by atoms with E-state index in [4.69, 9.17) is 4.89 Å². The standard InChI is InChI=1S/C18H30O4/c1-15(2,3)11-10-12(19)18(22-21,17(7,8)9)14(13(11)20)16(4,5)6/h10,14,21H,1-9H3. The van der Waals surface area contributed by atoms with Crippen LogP contribution in [0.25, 0.3) is 0 Å². The zero-order valence-corrected chi connectivity index (χ0v) is 15.3. The first-order valence-corrected chi connectivity index (χ1v) is 7.74. The lowest BCUT2D eigenvalue weighted by atomic mass is 9.53. The van der Waals surface area contributed by atoms with E-state index < -0.39 is 27.8 Å². The van der Waals surface area contributed by atoms with Crippen LogP contribution in [0.3, 0.4) is 0 Å². The Morgan fingerprint density at radius 1 is 1.00 bits per heavy atom. The quantitative estimate of drug-likeness (QED) is 0.586. The maximum Gasteiger partial charge on any atom is 0.192 e. The van der Waals surface area contributed by atoms with Crippen LogP contribution in [-0.4, -0.2) is 22.4 Å². The number of hydrogen-bond donors (Lipinski definition) is 1. The lowest BCUT2D eigenvalue weighted by Gasteiger charge is -2.51. The molecule has 0 aromatic carbocycles. The van der Waals surface area contributed by atoms with Crippen LogP contribution < -0.4 is 0 Å². The van der Waals surface area contributed by atoms with Crippen molar-refractivity contribution < 1.29 is 19.7 Å². The van der Waals surface area contributed by atoms with Gasteiger partial charge in [-0.2, -0.15) is 0 Å². The minimum Gasteiger partial charge on any atom is -0.294 e. The molecule has 4 nitrogen and oxygen atoms in total. The first kappa shape index (κ1) is 19.0. The highest BCUT2D eigenvalue weighted by atomic mass is 17.1. The molecule has 22 heavy (non-hydrogen) atoms. The number of hydrogen-bond acceptors (Lipinski definition) is 4. The third-order valence-corrected chi connectivity index (χ3v) is 4.51. The van der Waals surface area contributed by atoms with Gasteiger partial charge in [0.2, 0.25) is 0 Å². The Labute approximate surface area is 133 Å². The third-order valence-electron chi connectivity index (χ3n) is 4.51. The maximum absolute atomic E-state index is 13.2. The van der Waals surface area contributed by atoms with Crippen molar-refractivity contribution in [2.24, 2.45) is 22.2 Å². The molecule has 1 rings (SSSR count).